The number of nitro benzene ring substituents is 1. The summed E-state index contributed by atoms with van der Waals surface area (Å²) in [7, 11) is -3.75. The van der Waals surface area contributed by atoms with Crippen molar-refractivity contribution in [3.63, 3.8) is 0 Å². The van der Waals surface area contributed by atoms with E-state index in [1.165, 1.54) is 36.4 Å². The summed E-state index contributed by atoms with van der Waals surface area (Å²) in [5.41, 5.74) is 2.51. The molecule has 0 spiro atoms. The average molecular weight is 440 g/mol. The van der Waals surface area contributed by atoms with E-state index >= 15 is 0 Å². The average Bonchev–Trinajstić information content (AvgIpc) is 2.75. The predicted molar refractivity (Wildman–Crippen MR) is 114 cm³/mol. The number of aromatic hydroxyl groups is 1. The molecule has 3 aromatic carbocycles. The van der Waals surface area contributed by atoms with E-state index in [1.807, 2.05) is 0 Å². The molecule has 3 N–H and O–H groups in total. The van der Waals surface area contributed by atoms with Crippen molar-refractivity contribution in [3.8, 4) is 5.75 Å². The Labute approximate surface area is 177 Å². The number of sulfonamides is 1. The van der Waals surface area contributed by atoms with Crippen LogP contribution in [0.3, 0.4) is 0 Å². The van der Waals surface area contributed by atoms with Gasteiger partial charge in [-0.25, -0.2) is 13.8 Å². The number of anilines is 1. The minimum atomic E-state index is -3.75. The highest BCUT2D eigenvalue weighted by Crippen LogP contribution is 2.21. The third-order valence-electron chi connectivity index (χ3n) is 4.04. The molecule has 0 heterocycles. The standard InChI is InChI=1S/C20H16N4O6S/c25-19-11-10-17(24(27)28)12-15(19)13-21-22-20(26)14-6-8-16(9-7-14)23-31(29,30)18-4-2-1-3-5-18/h1-13,23,25H,(H,22,26). The lowest BCUT2D eigenvalue weighted by Crippen LogP contribution is -2.18. The zero-order valence-corrected chi connectivity index (χ0v) is 16.6. The number of nitro groups is 1. The largest absolute Gasteiger partial charge is 0.507 e. The second-order valence-corrected chi connectivity index (χ2v) is 7.88. The number of phenols is 1. The van der Waals surface area contributed by atoms with Crippen LogP contribution in [-0.4, -0.2) is 30.6 Å². The third kappa shape index (κ3) is 5.42. The number of amides is 1. The van der Waals surface area contributed by atoms with E-state index in [0.29, 0.717) is 0 Å². The van der Waals surface area contributed by atoms with Crippen LogP contribution in [0, 0.1) is 10.1 Å². The SMILES string of the molecule is O=C(NN=Cc1cc([N+](=O)[O-])ccc1O)c1ccc(NS(=O)(=O)c2ccccc2)cc1. The van der Waals surface area contributed by atoms with Gasteiger partial charge in [-0.15, -0.1) is 0 Å². The maximum atomic E-state index is 12.3. The van der Waals surface area contributed by atoms with Gasteiger partial charge in [-0.1, -0.05) is 18.2 Å². The van der Waals surface area contributed by atoms with Gasteiger partial charge in [0.15, 0.2) is 0 Å². The van der Waals surface area contributed by atoms with Gasteiger partial charge in [0.05, 0.1) is 16.0 Å². The van der Waals surface area contributed by atoms with Gasteiger partial charge in [0.1, 0.15) is 5.75 Å². The van der Waals surface area contributed by atoms with E-state index in [0.717, 1.165) is 24.4 Å². The van der Waals surface area contributed by atoms with Crippen molar-refractivity contribution in [1.29, 1.82) is 0 Å². The lowest BCUT2D eigenvalue weighted by Gasteiger charge is -2.08. The molecule has 0 aliphatic heterocycles. The van der Waals surface area contributed by atoms with Gasteiger partial charge in [0.25, 0.3) is 21.6 Å². The molecule has 0 saturated carbocycles. The summed E-state index contributed by atoms with van der Waals surface area (Å²) in [4.78, 5) is 22.5. The van der Waals surface area contributed by atoms with Crippen LogP contribution >= 0.6 is 0 Å². The highest BCUT2D eigenvalue weighted by Gasteiger charge is 2.14. The molecule has 0 bridgehead atoms. The van der Waals surface area contributed by atoms with E-state index in [2.05, 4.69) is 15.2 Å². The van der Waals surface area contributed by atoms with Crippen molar-refractivity contribution in [2.24, 2.45) is 5.10 Å². The molecule has 0 aliphatic carbocycles. The van der Waals surface area contributed by atoms with Gasteiger partial charge >= 0.3 is 0 Å². The van der Waals surface area contributed by atoms with Crippen LogP contribution in [0.15, 0.2) is 82.8 Å². The number of carbonyl (C=O) groups is 1. The molecule has 0 saturated heterocycles. The Morgan fingerprint density at radius 3 is 2.35 bits per heavy atom. The normalized spacial score (nSPS) is 11.2. The fraction of sp³-hybridized carbons (Fsp3) is 0. The Balaban J connectivity index is 1.65. The van der Waals surface area contributed by atoms with Crippen molar-refractivity contribution in [3.05, 3.63) is 94.0 Å². The monoisotopic (exact) mass is 440 g/mol. The maximum Gasteiger partial charge on any atom is 0.271 e. The number of phenolic OH excluding ortho intramolecular Hbond substituents is 1. The molecule has 11 heteroatoms. The van der Waals surface area contributed by atoms with Crippen LogP contribution in [0.25, 0.3) is 0 Å². The van der Waals surface area contributed by atoms with Crippen molar-refractivity contribution in [2.45, 2.75) is 4.90 Å². The quantitative estimate of drug-likeness (QED) is 0.292. The number of rotatable bonds is 7. The lowest BCUT2D eigenvalue weighted by molar-refractivity contribution is -0.384. The molecule has 0 aliphatic rings. The van der Waals surface area contributed by atoms with Crippen molar-refractivity contribution in [2.75, 3.05) is 4.72 Å². The van der Waals surface area contributed by atoms with E-state index in [1.54, 1.807) is 18.2 Å². The Morgan fingerprint density at radius 2 is 1.71 bits per heavy atom. The number of nitrogens with zero attached hydrogens (tertiary/aromatic N) is 2. The number of hydrazone groups is 1. The molecule has 158 valence electrons. The fourth-order valence-electron chi connectivity index (χ4n) is 2.49. The van der Waals surface area contributed by atoms with Crippen LogP contribution in [0.4, 0.5) is 11.4 Å². The summed E-state index contributed by atoms with van der Waals surface area (Å²) in [5, 5.41) is 24.2. The summed E-state index contributed by atoms with van der Waals surface area (Å²) in [6.45, 7) is 0. The van der Waals surface area contributed by atoms with Gasteiger partial charge in [0, 0.05) is 28.9 Å². The van der Waals surface area contributed by atoms with Crippen molar-refractivity contribution >= 4 is 33.5 Å². The maximum absolute atomic E-state index is 12.3. The van der Waals surface area contributed by atoms with Gasteiger partial charge in [0.2, 0.25) is 0 Å². The Hall–Kier alpha value is -4.25. The summed E-state index contributed by atoms with van der Waals surface area (Å²) in [6.07, 6.45) is 1.07. The number of benzene rings is 3. The molecule has 0 aromatic heterocycles. The highest BCUT2D eigenvalue weighted by molar-refractivity contribution is 7.92. The third-order valence-corrected chi connectivity index (χ3v) is 5.44. The van der Waals surface area contributed by atoms with Gasteiger partial charge in [-0.05, 0) is 42.5 Å². The van der Waals surface area contributed by atoms with E-state index < -0.39 is 20.9 Å². The second kappa shape index (κ2) is 9.05. The molecule has 1 amide bonds. The minimum absolute atomic E-state index is 0.0557. The molecule has 0 radical (unpaired) electrons. The van der Waals surface area contributed by atoms with Crippen LogP contribution in [0.5, 0.6) is 5.75 Å². The smallest absolute Gasteiger partial charge is 0.271 e. The summed E-state index contributed by atoms with van der Waals surface area (Å²) in [5.74, 6) is -0.836. The topological polar surface area (TPSA) is 151 Å². The zero-order valence-electron chi connectivity index (χ0n) is 15.8. The van der Waals surface area contributed by atoms with Crippen LogP contribution in [0.2, 0.25) is 0 Å². The first-order valence-electron chi connectivity index (χ1n) is 8.75. The number of nitrogens with one attached hydrogen (secondary N) is 2. The summed E-state index contributed by atoms with van der Waals surface area (Å²) >= 11 is 0. The molecule has 3 rings (SSSR count). The Bertz CT molecular complexity index is 1240. The molecular weight excluding hydrogens is 424 g/mol. The first-order valence-corrected chi connectivity index (χ1v) is 10.2. The first-order chi connectivity index (χ1) is 14.8. The van der Waals surface area contributed by atoms with Crippen molar-refractivity contribution < 1.29 is 23.2 Å². The fourth-order valence-corrected chi connectivity index (χ4v) is 3.57. The summed E-state index contributed by atoms with van der Waals surface area (Å²) < 4.78 is 27.0. The molecule has 31 heavy (non-hydrogen) atoms. The number of non-ortho nitro benzene ring substituents is 1. The Kier molecular flexibility index (Phi) is 6.26. The number of hydrogen-bond acceptors (Lipinski definition) is 7. The minimum Gasteiger partial charge on any atom is -0.507 e. The van der Waals surface area contributed by atoms with Crippen LogP contribution in [0.1, 0.15) is 15.9 Å². The molecule has 10 nitrogen and oxygen atoms in total. The zero-order chi connectivity index (χ0) is 22.4. The first kappa shape index (κ1) is 21.5. The number of carbonyl (C=O) groups excluding carboxylic acids is 1. The van der Waals surface area contributed by atoms with E-state index in [4.69, 9.17) is 0 Å². The van der Waals surface area contributed by atoms with E-state index in [-0.39, 0.29) is 33.1 Å². The number of hydrogen-bond donors (Lipinski definition) is 3. The van der Waals surface area contributed by atoms with E-state index in [9.17, 15) is 28.4 Å². The van der Waals surface area contributed by atoms with Crippen LogP contribution < -0.4 is 10.1 Å². The molecule has 0 fully saturated rings. The van der Waals surface area contributed by atoms with Crippen LogP contribution in [-0.2, 0) is 10.0 Å². The van der Waals surface area contributed by atoms with Gasteiger partial charge in [-0.3, -0.25) is 19.6 Å². The molecule has 3 aromatic rings. The predicted octanol–water partition coefficient (Wildman–Crippen LogP) is 2.87. The molecule has 0 atom stereocenters. The summed E-state index contributed by atoms with van der Waals surface area (Å²) in [6, 6.07) is 16.9. The second-order valence-electron chi connectivity index (χ2n) is 6.20. The van der Waals surface area contributed by atoms with Gasteiger partial charge < -0.3 is 5.11 Å². The molecular formula is C20H16N4O6S. The highest BCUT2D eigenvalue weighted by atomic mass is 32.2. The molecule has 0 unspecified atom stereocenters. The van der Waals surface area contributed by atoms with Crippen molar-refractivity contribution in [1.82, 2.24) is 5.43 Å². The van der Waals surface area contributed by atoms with Gasteiger partial charge in [-0.2, -0.15) is 5.10 Å². The lowest BCUT2D eigenvalue weighted by atomic mass is 10.2. The Morgan fingerprint density at radius 1 is 1.03 bits per heavy atom.